The monoisotopic (exact) mass is 324 g/mol. The molecule has 2 aliphatic rings. The molecular weight excluding hydrogens is 304 g/mol. The Morgan fingerprint density at radius 3 is 2.86 bits per heavy atom. The van der Waals surface area contributed by atoms with E-state index >= 15 is 0 Å². The number of carbonyl (C=O) groups excluding carboxylic acids is 1. The molecule has 2 saturated heterocycles. The van der Waals surface area contributed by atoms with E-state index in [2.05, 4.69) is 4.98 Å². The zero-order valence-electron chi connectivity index (χ0n) is 12.6. The number of carbonyl (C=O) groups is 1. The molecule has 1 spiro atoms. The molecule has 6 nitrogen and oxygen atoms in total. The van der Waals surface area contributed by atoms with Gasteiger partial charge in [0.15, 0.2) is 9.84 Å². The number of rotatable bonds is 4. The van der Waals surface area contributed by atoms with Gasteiger partial charge in [0.25, 0.3) is 0 Å². The lowest BCUT2D eigenvalue weighted by Crippen LogP contribution is -2.69. The highest BCUT2D eigenvalue weighted by Gasteiger charge is 2.62. The maximum absolute atomic E-state index is 12.4. The molecule has 0 N–H and O–H groups in total. The summed E-state index contributed by atoms with van der Waals surface area (Å²) in [5, 5.41) is 0. The van der Waals surface area contributed by atoms with E-state index in [1.54, 1.807) is 30.3 Å². The van der Waals surface area contributed by atoms with Crippen molar-refractivity contribution in [3.8, 4) is 0 Å². The lowest BCUT2D eigenvalue weighted by molar-refractivity contribution is -0.137. The number of aromatic nitrogens is 1. The standard InChI is InChI=1S/C15H20N2O4S/c1-21-9-12-5-7-22(19,20)15(12)10-17(11-15)14(18)8-13-4-2-3-6-16-13/h2-4,6,12H,5,7-11H2,1H3/t12-/m0/s1. The van der Waals surface area contributed by atoms with E-state index in [4.69, 9.17) is 4.74 Å². The summed E-state index contributed by atoms with van der Waals surface area (Å²) in [6, 6.07) is 5.43. The Hall–Kier alpha value is -1.47. The van der Waals surface area contributed by atoms with Crippen molar-refractivity contribution in [2.45, 2.75) is 17.6 Å². The van der Waals surface area contributed by atoms with E-state index in [1.165, 1.54) is 0 Å². The molecule has 0 aliphatic carbocycles. The van der Waals surface area contributed by atoms with Crippen molar-refractivity contribution in [1.29, 1.82) is 0 Å². The van der Waals surface area contributed by atoms with Crippen LogP contribution in [0.4, 0.5) is 0 Å². The van der Waals surface area contributed by atoms with Crippen LogP contribution in [0.25, 0.3) is 0 Å². The largest absolute Gasteiger partial charge is 0.384 e. The van der Waals surface area contributed by atoms with Gasteiger partial charge in [-0.2, -0.15) is 0 Å². The van der Waals surface area contributed by atoms with E-state index in [9.17, 15) is 13.2 Å². The zero-order chi connectivity index (χ0) is 15.8. The predicted molar refractivity (Wildman–Crippen MR) is 81.0 cm³/mol. The van der Waals surface area contributed by atoms with Crippen LogP contribution in [0.1, 0.15) is 12.1 Å². The van der Waals surface area contributed by atoms with Crippen molar-refractivity contribution in [1.82, 2.24) is 9.88 Å². The van der Waals surface area contributed by atoms with Crippen molar-refractivity contribution >= 4 is 15.7 Å². The Bertz CT molecular complexity index is 653. The van der Waals surface area contributed by atoms with Gasteiger partial charge in [-0.25, -0.2) is 8.42 Å². The summed E-state index contributed by atoms with van der Waals surface area (Å²) in [5.74, 6) is 0.118. The van der Waals surface area contributed by atoms with Gasteiger partial charge in [-0.3, -0.25) is 9.78 Å². The number of hydrogen-bond acceptors (Lipinski definition) is 5. The molecule has 7 heteroatoms. The van der Waals surface area contributed by atoms with Gasteiger partial charge >= 0.3 is 0 Å². The average Bonchev–Trinajstić information content (AvgIpc) is 2.70. The molecular formula is C15H20N2O4S. The first-order chi connectivity index (χ1) is 10.5. The van der Waals surface area contributed by atoms with E-state index in [0.717, 1.165) is 0 Å². The normalized spacial score (nSPS) is 25.1. The third-order valence-electron chi connectivity index (χ3n) is 4.79. The first-order valence-corrected chi connectivity index (χ1v) is 9.03. The molecule has 2 fully saturated rings. The summed E-state index contributed by atoms with van der Waals surface area (Å²) < 4.78 is 29.1. The Morgan fingerprint density at radius 2 is 2.23 bits per heavy atom. The smallest absolute Gasteiger partial charge is 0.228 e. The first-order valence-electron chi connectivity index (χ1n) is 7.37. The number of ether oxygens (including phenoxy) is 1. The summed E-state index contributed by atoms with van der Waals surface area (Å²) in [6.45, 7) is 1.01. The Morgan fingerprint density at radius 1 is 1.45 bits per heavy atom. The number of methoxy groups -OCH3 is 1. The van der Waals surface area contributed by atoms with Crippen molar-refractivity contribution in [2.24, 2.45) is 5.92 Å². The number of nitrogens with zero attached hydrogens (tertiary/aromatic N) is 2. The number of pyridine rings is 1. The van der Waals surface area contributed by atoms with Crippen LogP contribution in [-0.2, 0) is 25.8 Å². The van der Waals surface area contributed by atoms with Crippen LogP contribution in [-0.4, -0.2) is 61.5 Å². The fraction of sp³-hybridized carbons (Fsp3) is 0.600. The molecule has 3 rings (SSSR count). The van der Waals surface area contributed by atoms with E-state index in [-0.39, 0.29) is 37.1 Å². The topological polar surface area (TPSA) is 76.6 Å². The number of hydrogen-bond donors (Lipinski definition) is 0. The lowest BCUT2D eigenvalue weighted by Gasteiger charge is -2.49. The van der Waals surface area contributed by atoms with Crippen LogP contribution in [0.3, 0.4) is 0 Å². The Labute approximate surface area is 130 Å². The molecule has 2 aliphatic heterocycles. The second-order valence-electron chi connectivity index (χ2n) is 6.07. The second kappa shape index (κ2) is 5.62. The lowest BCUT2D eigenvalue weighted by atomic mass is 9.83. The van der Waals surface area contributed by atoms with E-state index in [1.807, 2.05) is 6.07 Å². The van der Waals surface area contributed by atoms with Crippen LogP contribution < -0.4 is 0 Å². The van der Waals surface area contributed by atoms with Crippen LogP contribution in [0.15, 0.2) is 24.4 Å². The molecule has 0 aromatic carbocycles. The summed E-state index contributed by atoms with van der Waals surface area (Å²) in [5.41, 5.74) is 0.705. The molecule has 0 bridgehead atoms. The van der Waals surface area contributed by atoms with Gasteiger partial charge in [0.05, 0.1) is 18.8 Å². The molecule has 3 heterocycles. The minimum atomic E-state index is -3.15. The van der Waals surface area contributed by atoms with E-state index in [0.29, 0.717) is 18.7 Å². The molecule has 1 atom stereocenters. The van der Waals surface area contributed by atoms with Crippen molar-refractivity contribution < 1.29 is 17.9 Å². The highest BCUT2D eigenvalue weighted by atomic mass is 32.2. The average molecular weight is 324 g/mol. The fourth-order valence-corrected chi connectivity index (χ4v) is 5.85. The molecule has 0 unspecified atom stereocenters. The van der Waals surface area contributed by atoms with Gasteiger partial charge in [0.2, 0.25) is 5.91 Å². The molecule has 1 amide bonds. The summed E-state index contributed by atoms with van der Waals surface area (Å²) >= 11 is 0. The zero-order valence-corrected chi connectivity index (χ0v) is 13.4. The Balaban J connectivity index is 1.68. The molecule has 1 aromatic rings. The maximum atomic E-state index is 12.4. The summed E-state index contributed by atoms with van der Waals surface area (Å²) in [6.07, 6.45) is 2.49. The van der Waals surface area contributed by atoms with Crippen LogP contribution >= 0.6 is 0 Å². The quantitative estimate of drug-likeness (QED) is 0.795. The number of sulfone groups is 1. The minimum Gasteiger partial charge on any atom is -0.384 e. The van der Waals surface area contributed by atoms with Gasteiger partial charge in [-0.05, 0) is 18.6 Å². The second-order valence-corrected chi connectivity index (χ2v) is 8.52. The summed E-state index contributed by atoms with van der Waals surface area (Å²) in [7, 11) is -1.57. The number of likely N-dealkylation sites (tertiary alicyclic amines) is 1. The van der Waals surface area contributed by atoms with Crippen LogP contribution in [0.2, 0.25) is 0 Å². The molecule has 120 valence electrons. The van der Waals surface area contributed by atoms with Crippen molar-refractivity contribution in [3.05, 3.63) is 30.1 Å². The predicted octanol–water partition coefficient (Wildman–Crippen LogP) is 0.286. The van der Waals surface area contributed by atoms with Gasteiger partial charge in [-0.15, -0.1) is 0 Å². The minimum absolute atomic E-state index is 0.0126. The van der Waals surface area contributed by atoms with E-state index < -0.39 is 14.6 Å². The van der Waals surface area contributed by atoms with Crippen molar-refractivity contribution in [2.75, 3.05) is 32.6 Å². The van der Waals surface area contributed by atoms with Crippen molar-refractivity contribution in [3.63, 3.8) is 0 Å². The molecule has 0 saturated carbocycles. The third kappa shape index (κ3) is 2.42. The van der Waals surface area contributed by atoms with Gasteiger partial charge in [0.1, 0.15) is 4.75 Å². The molecule has 1 aromatic heterocycles. The first kappa shape index (κ1) is 15.4. The van der Waals surface area contributed by atoms with Crippen LogP contribution in [0.5, 0.6) is 0 Å². The Kier molecular flexibility index (Phi) is 3.94. The van der Waals surface area contributed by atoms with Gasteiger partial charge < -0.3 is 9.64 Å². The third-order valence-corrected chi connectivity index (χ3v) is 7.40. The highest BCUT2D eigenvalue weighted by molar-refractivity contribution is 7.93. The number of amides is 1. The fourth-order valence-electron chi connectivity index (χ4n) is 3.45. The SMILES string of the molecule is COC[C@@H]1CCS(=O)(=O)C12CN(C(=O)Cc1ccccn1)C2. The van der Waals surface area contributed by atoms with Crippen LogP contribution in [0, 0.1) is 5.92 Å². The highest BCUT2D eigenvalue weighted by Crippen LogP contribution is 2.44. The summed E-state index contributed by atoms with van der Waals surface area (Å²) in [4.78, 5) is 18.0. The molecule has 0 radical (unpaired) electrons. The van der Waals surface area contributed by atoms with Gasteiger partial charge in [-0.1, -0.05) is 6.07 Å². The maximum Gasteiger partial charge on any atom is 0.228 e. The van der Waals surface area contributed by atoms with Gasteiger partial charge in [0, 0.05) is 38.0 Å². The molecule has 22 heavy (non-hydrogen) atoms.